The molecule has 0 aromatic heterocycles. The van der Waals surface area contributed by atoms with Crippen molar-refractivity contribution in [2.45, 2.75) is 47.1 Å². The molecule has 1 atom stereocenters. The first-order chi connectivity index (χ1) is 17.0. The molecule has 0 unspecified atom stereocenters. The van der Waals surface area contributed by atoms with Crippen molar-refractivity contribution < 1.29 is 26.4 Å². The number of benzene rings is 3. The molecule has 36 heavy (non-hydrogen) atoms. The van der Waals surface area contributed by atoms with Gasteiger partial charge in [0.1, 0.15) is 5.78 Å². The van der Waals surface area contributed by atoms with Gasteiger partial charge in [0, 0.05) is 19.8 Å². The molecule has 0 heterocycles. The Bertz CT molecular complexity index is 1470. The summed E-state index contributed by atoms with van der Waals surface area (Å²) in [5, 5.41) is -0.235. The number of rotatable bonds is 10. The minimum atomic E-state index is -3.32. The lowest BCUT2D eigenvalue weighted by Crippen LogP contribution is -2.20. The molecular formula is C28H30O6S2. The lowest BCUT2D eigenvalue weighted by Gasteiger charge is -2.17. The van der Waals surface area contributed by atoms with Crippen LogP contribution in [0.5, 0.6) is 0 Å². The predicted molar refractivity (Wildman–Crippen MR) is 140 cm³/mol. The van der Waals surface area contributed by atoms with E-state index in [9.17, 15) is 21.6 Å². The van der Waals surface area contributed by atoms with Crippen LogP contribution in [0.2, 0.25) is 0 Å². The summed E-state index contributed by atoms with van der Waals surface area (Å²) in [6.45, 7) is 2.17. The Kier molecular flexibility index (Phi) is 7.50. The summed E-state index contributed by atoms with van der Waals surface area (Å²) < 4.78 is 53.7. The summed E-state index contributed by atoms with van der Waals surface area (Å²) in [6, 6.07) is 19.2. The average Bonchev–Trinajstić information content (AvgIpc) is 3.69. The summed E-state index contributed by atoms with van der Waals surface area (Å²) in [7, 11) is -5.00. The molecule has 190 valence electrons. The molecular weight excluding hydrogens is 496 g/mol. The summed E-state index contributed by atoms with van der Waals surface area (Å²) in [5.74, 6) is -0.532. The van der Waals surface area contributed by atoms with Gasteiger partial charge in [0.05, 0.1) is 27.6 Å². The molecule has 0 spiro atoms. The van der Waals surface area contributed by atoms with Gasteiger partial charge in [-0.1, -0.05) is 42.5 Å². The van der Waals surface area contributed by atoms with Crippen LogP contribution in [0.25, 0.3) is 11.1 Å². The topological polar surface area (TPSA) is 94.6 Å². The van der Waals surface area contributed by atoms with Gasteiger partial charge < -0.3 is 4.74 Å². The maximum atomic E-state index is 13.2. The van der Waals surface area contributed by atoms with Crippen LogP contribution in [0.4, 0.5) is 0 Å². The first kappa shape index (κ1) is 26.3. The van der Waals surface area contributed by atoms with Crippen molar-refractivity contribution >= 4 is 25.5 Å². The number of sulfone groups is 2. The van der Waals surface area contributed by atoms with Gasteiger partial charge >= 0.3 is 0 Å². The monoisotopic (exact) mass is 526 g/mol. The van der Waals surface area contributed by atoms with Crippen molar-refractivity contribution in [2.24, 2.45) is 0 Å². The molecule has 0 aliphatic heterocycles. The molecule has 3 aromatic rings. The number of ether oxygens (including phenoxy) is 1. The quantitative estimate of drug-likeness (QED) is 0.385. The fourth-order valence-corrected chi connectivity index (χ4v) is 6.66. The molecule has 3 aromatic carbocycles. The lowest BCUT2D eigenvalue weighted by atomic mass is 9.90. The van der Waals surface area contributed by atoms with Gasteiger partial charge in [-0.25, -0.2) is 16.8 Å². The molecule has 1 aliphatic carbocycles. The zero-order valence-corrected chi connectivity index (χ0v) is 22.2. The van der Waals surface area contributed by atoms with Gasteiger partial charge in [-0.3, -0.25) is 4.79 Å². The SMILES string of the molecule is COC[C@H](C(=O)Cc1ccc(-c2ccc(S(=O)(=O)C3CC3)cc2)c(C)c1)c1ccc(S(C)(=O)=O)cc1. The molecule has 4 rings (SSSR count). The second-order valence-electron chi connectivity index (χ2n) is 9.41. The Morgan fingerprint density at radius 3 is 2.06 bits per heavy atom. The fraction of sp³-hybridized carbons (Fsp3) is 0.321. The standard InChI is InChI=1S/C28H30O6S2/c1-19-16-20(4-15-26(19)21-7-11-24(12-8-21)36(32,33)25-13-14-25)17-28(29)27(18-34-2)22-5-9-23(10-6-22)35(3,30)31/h4-12,15-16,25,27H,13-14,17-18H2,1-3H3/t27-/m0/s1. The highest BCUT2D eigenvalue weighted by Gasteiger charge is 2.36. The van der Waals surface area contributed by atoms with E-state index in [1.54, 1.807) is 24.3 Å². The zero-order valence-electron chi connectivity index (χ0n) is 20.6. The number of carbonyl (C=O) groups is 1. The van der Waals surface area contributed by atoms with Gasteiger partial charge in [-0.15, -0.1) is 0 Å². The second-order valence-corrected chi connectivity index (χ2v) is 13.7. The maximum absolute atomic E-state index is 13.2. The van der Waals surface area contributed by atoms with E-state index >= 15 is 0 Å². The summed E-state index contributed by atoms with van der Waals surface area (Å²) in [6.07, 6.45) is 2.83. The summed E-state index contributed by atoms with van der Waals surface area (Å²) >= 11 is 0. The molecule has 0 radical (unpaired) electrons. The first-order valence-corrected chi connectivity index (χ1v) is 15.2. The molecule has 1 fully saturated rings. The molecule has 1 aliphatic rings. The third-order valence-electron chi connectivity index (χ3n) is 6.56. The second kappa shape index (κ2) is 10.3. The number of carbonyl (C=O) groups excluding carboxylic acids is 1. The molecule has 0 saturated heterocycles. The van der Waals surface area contributed by atoms with E-state index in [0.717, 1.165) is 41.4 Å². The Labute approximate surface area is 213 Å². The van der Waals surface area contributed by atoms with Crippen molar-refractivity contribution in [3.63, 3.8) is 0 Å². The third kappa shape index (κ3) is 5.77. The number of ketones is 1. The number of hydrogen-bond donors (Lipinski definition) is 0. The minimum Gasteiger partial charge on any atom is -0.384 e. The minimum absolute atomic E-state index is 0.0225. The van der Waals surface area contributed by atoms with Crippen molar-refractivity contribution in [1.82, 2.24) is 0 Å². The molecule has 6 nitrogen and oxygen atoms in total. The van der Waals surface area contributed by atoms with E-state index in [2.05, 4.69) is 0 Å². The molecule has 0 amide bonds. The number of methoxy groups -OCH3 is 1. The van der Waals surface area contributed by atoms with E-state index in [4.69, 9.17) is 4.74 Å². The van der Waals surface area contributed by atoms with Crippen molar-refractivity contribution in [3.05, 3.63) is 83.4 Å². The zero-order chi connectivity index (χ0) is 26.1. The molecule has 1 saturated carbocycles. The smallest absolute Gasteiger partial charge is 0.181 e. The number of aryl methyl sites for hydroxylation is 1. The predicted octanol–water partition coefficient (Wildman–Crippen LogP) is 4.54. The van der Waals surface area contributed by atoms with E-state index in [1.165, 1.54) is 19.2 Å². The van der Waals surface area contributed by atoms with Crippen LogP contribution in [0.1, 0.15) is 35.4 Å². The van der Waals surface area contributed by atoms with Crippen LogP contribution in [0.15, 0.2) is 76.5 Å². The average molecular weight is 527 g/mol. The first-order valence-electron chi connectivity index (χ1n) is 11.8. The van der Waals surface area contributed by atoms with E-state index in [-0.39, 0.29) is 29.0 Å². The maximum Gasteiger partial charge on any atom is 0.181 e. The van der Waals surface area contributed by atoms with Crippen LogP contribution in [0, 0.1) is 6.92 Å². The molecule has 0 N–H and O–H groups in total. The van der Waals surface area contributed by atoms with Crippen molar-refractivity contribution in [3.8, 4) is 11.1 Å². The van der Waals surface area contributed by atoms with Crippen molar-refractivity contribution in [1.29, 1.82) is 0 Å². The molecule has 8 heteroatoms. The summed E-state index contributed by atoms with van der Waals surface area (Å²) in [5.41, 5.74) is 4.46. The van der Waals surface area contributed by atoms with Gasteiger partial charge in [-0.05, 0) is 71.8 Å². The highest BCUT2D eigenvalue weighted by molar-refractivity contribution is 7.92. The van der Waals surface area contributed by atoms with E-state index < -0.39 is 25.6 Å². The van der Waals surface area contributed by atoms with E-state index in [0.29, 0.717) is 10.5 Å². The Morgan fingerprint density at radius 2 is 1.53 bits per heavy atom. The molecule has 0 bridgehead atoms. The summed E-state index contributed by atoms with van der Waals surface area (Å²) in [4.78, 5) is 13.8. The van der Waals surface area contributed by atoms with Gasteiger partial charge in [0.25, 0.3) is 0 Å². The van der Waals surface area contributed by atoms with Crippen LogP contribution in [-0.4, -0.2) is 47.8 Å². The largest absolute Gasteiger partial charge is 0.384 e. The fourth-order valence-electron chi connectivity index (χ4n) is 4.37. The van der Waals surface area contributed by atoms with E-state index in [1.807, 2.05) is 37.3 Å². The Balaban J connectivity index is 1.51. The Hall–Kier alpha value is -2.81. The van der Waals surface area contributed by atoms with Crippen LogP contribution >= 0.6 is 0 Å². The van der Waals surface area contributed by atoms with Gasteiger partial charge in [0.15, 0.2) is 19.7 Å². The van der Waals surface area contributed by atoms with Crippen LogP contribution in [-0.2, 0) is 35.6 Å². The van der Waals surface area contributed by atoms with Crippen molar-refractivity contribution in [2.75, 3.05) is 20.0 Å². The highest BCUT2D eigenvalue weighted by atomic mass is 32.2. The van der Waals surface area contributed by atoms with Gasteiger partial charge in [0.2, 0.25) is 0 Å². The van der Waals surface area contributed by atoms with Crippen LogP contribution in [0.3, 0.4) is 0 Å². The number of hydrogen-bond acceptors (Lipinski definition) is 6. The highest BCUT2D eigenvalue weighted by Crippen LogP contribution is 2.34. The normalized spacial score (nSPS) is 15.0. The lowest BCUT2D eigenvalue weighted by molar-refractivity contribution is -0.121. The van der Waals surface area contributed by atoms with Gasteiger partial charge in [-0.2, -0.15) is 0 Å². The van der Waals surface area contributed by atoms with Crippen LogP contribution < -0.4 is 0 Å². The Morgan fingerprint density at radius 1 is 0.917 bits per heavy atom. The number of Topliss-reactive ketones (excluding diaryl/α,β-unsaturated/α-hetero) is 1. The third-order valence-corrected chi connectivity index (χ3v) is 9.97.